The molecule has 0 aromatic heterocycles. The Morgan fingerprint density at radius 2 is 2.35 bits per heavy atom. The van der Waals surface area contributed by atoms with Crippen LogP contribution in [0.4, 0.5) is 5.69 Å². The van der Waals surface area contributed by atoms with E-state index in [0.717, 1.165) is 42.3 Å². The summed E-state index contributed by atoms with van der Waals surface area (Å²) in [6.07, 6.45) is 3.14. The number of ether oxygens (including phenoxy) is 1. The molecule has 2 rings (SSSR count). The molecule has 3 N–H and O–H groups in total. The van der Waals surface area contributed by atoms with Crippen molar-refractivity contribution in [1.29, 1.82) is 0 Å². The Bertz CT molecular complexity index is 493. The Balaban J connectivity index is 2.44. The van der Waals surface area contributed by atoms with Crippen LogP contribution in [0, 0.1) is 0 Å². The SMILES string of the molecule is CSc1cccc(N2CCCOC(C)C2)c1/C(N)=N/O. The van der Waals surface area contributed by atoms with E-state index >= 15 is 0 Å². The van der Waals surface area contributed by atoms with E-state index in [4.69, 9.17) is 15.7 Å². The lowest BCUT2D eigenvalue weighted by Crippen LogP contribution is -2.32. The normalized spacial score (nSPS) is 20.8. The topological polar surface area (TPSA) is 71.1 Å². The number of benzene rings is 1. The highest BCUT2D eigenvalue weighted by molar-refractivity contribution is 7.98. The first-order valence-corrected chi connectivity index (χ1v) is 7.91. The summed E-state index contributed by atoms with van der Waals surface area (Å²) in [6.45, 7) is 4.57. The molecular formula is C14H21N3O2S. The highest BCUT2D eigenvalue weighted by atomic mass is 32.2. The van der Waals surface area contributed by atoms with Crippen LogP contribution in [0.2, 0.25) is 0 Å². The standard InChI is InChI=1S/C14H21N3O2S/c1-10-9-17(7-4-8-19-10)11-5-3-6-12(20-2)13(11)14(15)16-18/h3,5-6,10,18H,4,7-9H2,1-2H3,(H2,15,16). The number of rotatable bonds is 3. The summed E-state index contributed by atoms with van der Waals surface area (Å²) in [6, 6.07) is 6.01. The number of oxime groups is 1. The summed E-state index contributed by atoms with van der Waals surface area (Å²) in [4.78, 5) is 3.26. The largest absolute Gasteiger partial charge is 0.409 e. The van der Waals surface area contributed by atoms with Crippen LogP contribution in [0.25, 0.3) is 0 Å². The molecule has 5 nitrogen and oxygen atoms in total. The molecule has 0 bridgehead atoms. The van der Waals surface area contributed by atoms with Crippen molar-refractivity contribution in [3.63, 3.8) is 0 Å². The third-order valence-corrected chi connectivity index (χ3v) is 4.16. The molecule has 20 heavy (non-hydrogen) atoms. The molecule has 1 fully saturated rings. The molecule has 1 aliphatic heterocycles. The van der Waals surface area contributed by atoms with Gasteiger partial charge >= 0.3 is 0 Å². The molecule has 1 heterocycles. The minimum Gasteiger partial charge on any atom is -0.409 e. The van der Waals surface area contributed by atoms with Crippen LogP contribution < -0.4 is 10.6 Å². The maximum atomic E-state index is 9.05. The molecule has 6 heteroatoms. The van der Waals surface area contributed by atoms with E-state index < -0.39 is 0 Å². The van der Waals surface area contributed by atoms with Crippen LogP contribution in [-0.4, -0.2) is 43.1 Å². The molecule has 1 aliphatic rings. The molecule has 0 amide bonds. The number of hydrogen-bond donors (Lipinski definition) is 2. The second-order valence-electron chi connectivity index (χ2n) is 4.82. The lowest BCUT2D eigenvalue weighted by atomic mass is 10.1. The Morgan fingerprint density at radius 3 is 3.05 bits per heavy atom. The van der Waals surface area contributed by atoms with E-state index in [-0.39, 0.29) is 11.9 Å². The second-order valence-corrected chi connectivity index (χ2v) is 5.67. The second kappa shape index (κ2) is 6.85. The predicted octanol–water partition coefficient (Wildman–Crippen LogP) is 2.12. The predicted molar refractivity (Wildman–Crippen MR) is 83.0 cm³/mol. The van der Waals surface area contributed by atoms with Gasteiger partial charge in [-0.1, -0.05) is 11.2 Å². The van der Waals surface area contributed by atoms with Crippen molar-refractivity contribution in [2.75, 3.05) is 30.9 Å². The van der Waals surface area contributed by atoms with E-state index in [1.807, 2.05) is 24.5 Å². The van der Waals surface area contributed by atoms with Crippen LogP contribution in [0.1, 0.15) is 18.9 Å². The third kappa shape index (κ3) is 3.19. The van der Waals surface area contributed by atoms with E-state index in [1.54, 1.807) is 11.8 Å². The smallest absolute Gasteiger partial charge is 0.173 e. The number of nitrogens with zero attached hydrogens (tertiary/aromatic N) is 2. The van der Waals surface area contributed by atoms with Gasteiger partial charge < -0.3 is 20.6 Å². The van der Waals surface area contributed by atoms with Crippen LogP contribution in [0.15, 0.2) is 28.3 Å². The summed E-state index contributed by atoms with van der Waals surface area (Å²) in [5.41, 5.74) is 7.69. The van der Waals surface area contributed by atoms with Gasteiger partial charge in [-0.2, -0.15) is 0 Å². The number of amidine groups is 1. The lowest BCUT2D eigenvalue weighted by Gasteiger charge is -2.27. The summed E-state index contributed by atoms with van der Waals surface area (Å²) in [7, 11) is 0. The molecule has 1 aromatic carbocycles. The minimum atomic E-state index is 0.155. The van der Waals surface area contributed by atoms with Crippen molar-refractivity contribution in [2.24, 2.45) is 10.9 Å². The van der Waals surface area contributed by atoms with Crippen LogP contribution >= 0.6 is 11.8 Å². The molecule has 0 saturated carbocycles. The van der Waals surface area contributed by atoms with E-state index in [0.29, 0.717) is 0 Å². The highest BCUT2D eigenvalue weighted by Crippen LogP contribution is 2.30. The monoisotopic (exact) mass is 295 g/mol. The van der Waals surface area contributed by atoms with E-state index in [9.17, 15) is 0 Å². The summed E-state index contributed by atoms with van der Waals surface area (Å²) in [5.74, 6) is 0.155. The summed E-state index contributed by atoms with van der Waals surface area (Å²) >= 11 is 1.59. The molecule has 0 radical (unpaired) electrons. The van der Waals surface area contributed by atoms with E-state index in [2.05, 4.69) is 17.0 Å². The van der Waals surface area contributed by atoms with Gasteiger partial charge in [0, 0.05) is 30.3 Å². The van der Waals surface area contributed by atoms with Gasteiger partial charge in [-0.3, -0.25) is 0 Å². The Morgan fingerprint density at radius 1 is 1.55 bits per heavy atom. The number of nitrogens with two attached hydrogens (primary N) is 1. The number of hydrogen-bond acceptors (Lipinski definition) is 5. The van der Waals surface area contributed by atoms with Crippen LogP contribution in [-0.2, 0) is 4.74 Å². The van der Waals surface area contributed by atoms with Crippen molar-refractivity contribution < 1.29 is 9.94 Å². The molecule has 110 valence electrons. The maximum Gasteiger partial charge on any atom is 0.173 e. The first kappa shape index (κ1) is 15.0. The average Bonchev–Trinajstić information content (AvgIpc) is 2.70. The molecule has 1 aromatic rings. The third-order valence-electron chi connectivity index (χ3n) is 3.38. The van der Waals surface area contributed by atoms with Gasteiger partial charge in [0.15, 0.2) is 5.84 Å². The average molecular weight is 295 g/mol. The number of thioether (sulfide) groups is 1. The first-order chi connectivity index (χ1) is 9.67. The molecule has 1 saturated heterocycles. The molecule has 1 atom stereocenters. The number of anilines is 1. The van der Waals surface area contributed by atoms with Crippen LogP contribution in [0.3, 0.4) is 0 Å². The quantitative estimate of drug-likeness (QED) is 0.294. The van der Waals surface area contributed by atoms with Gasteiger partial charge in [0.25, 0.3) is 0 Å². The Labute approximate surface area is 123 Å². The van der Waals surface area contributed by atoms with Gasteiger partial charge in [-0.25, -0.2) is 0 Å². The van der Waals surface area contributed by atoms with Gasteiger partial charge in [0.05, 0.1) is 11.7 Å². The fraction of sp³-hybridized carbons (Fsp3) is 0.500. The maximum absolute atomic E-state index is 9.05. The zero-order valence-corrected chi connectivity index (χ0v) is 12.7. The van der Waals surface area contributed by atoms with Crippen molar-refractivity contribution >= 4 is 23.3 Å². The van der Waals surface area contributed by atoms with Crippen molar-refractivity contribution in [2.45, 2.75) is 24.3 Å². The zero-order chi connectivity index (χ0) is 14.5. The van der Waals surface area contributed by atoms with Crippen LogP contribution in [0.5, 0.6) is 0 Å². The van der Waals surface area contributed by atoms with Crippen molar-refractivity contribution in [3.8, 4) is 0 Å². The Kier molecular flexibility index (Phi) is 5.14. The molecule has 1 unspecified atom stereocenters. The van der Waals surface area contributed by atoms with Gasteiger partial charge in [-0.15, -0.1) is 11.8 Å². The zero-order valence-electron chi connectivity index (χ0n) is 11.9. The Hall–Kier alpha value is -1.40. The van der Waals surface area contributed by atoms with Crippen molar-refractivity contribution in [3.05, 3.63) is 23.8 Å². The summed E-state index contributed by atoms with van der Waals surface area (Å²) < 4.78 is 5.68. The fourth-order valence-electron chi connectivity index (χ4n) is 2.47. The highest BCUT2D eigenvalue weighted by Gasteiger charge is 2.21. The van der Waals surface area contributed by atoms with E-state index in [1.165, 1.54) is 0 Å². The van der Waals surface area contributed by atoms with Gasteiger partial charge in [0.1, 0.15) is 0 Å². The lowest BCUT2D eigenvalue weighted by molar-refractivity contribution is 0.0821. The van der Waals surface area contributed by atoms with Gasteiger partial charge in [0.2, 0.25) is 0 Å². The molecule has 0 aliphatic carbocycles. The fourth-order valence-corrected chi connectivity index (χ4v) is 3.10. The molecular weight excluding hydrogens is 274 g/mol. The van der Waals surface area contributed by atoms with Crippen molar-refractivity contribution in [1.82, 2.24) is 0 Å². The first-order valence-electron chi connectivity index (χ1n) is 6.68. The molecule has 0 spiro atoms. The minimum absolute atomic E-state index is 0.155. The van der Waals surface area contributed by atoms with Gasteiger partial charge in [-0.05, 0) is 31.7 Å². The summed E-state index contributed by atoms with van der Waals surface area (Å²) in [5, 5.41) is 12.2.